The maximum Gasteiger partial charge on any atom is 0.451 e. The minimum atomic E-state index is -4.76. The van der Waals surface area contributed by atoms with Crippen molar-refractivity contribution in [2.75, 3.05) is 13.1 Å². The SMILES string of the molecule is Cn1c(C(F)(F)F)nn(C2CCN(C(=O)Cc3cccc(C(F)(F)F)c3)CC2)c1=O. The highest BCUT2D eigenvalue weighted by molar-refractivity contribution is 5.78. The highest BCUT2D eigenvalue weighted by Gasteiger charge is 2.39. The normalized spacial score (nSPS) is 16.2. The molecule has 3 rings (SSSR count). The van der Waals surface area contributed by atoms with Crippen molar-refractivity contribution in [2.45, 2.75) is 37.7 Å². The van der Waals surface area contributed by atoms with Crippen LogP contribution in [0.3, 0.4) is 0 Å². The molecule has 30 heavy (non-hydrogen) atoms. The summed E-state index contributed by atoms with van der Waals surface area (Å²) in [5.41, 5.74) is -1.52. The molecule has 0 bridgehead atoms. The molecule has 2 aromatic rings. The summed E-state index contributed by atoms with van der Waals surface area (Å²) in [5.74, 6) is -1.69. The van der Waals surface area contributed by atoms with Gasteiger partial charge in [-0.2, -0.15) is 26.3 Å². The molecule has 0 atom stereocenters. The number of amides is 1. The van der Waals surface area contributed by atoms with Gasteiger partial charge in [-0.3, -0.25) is 9.36 Å². The van der Waals surface area contributed by atoms with E-state index >= 15 is 0 Å². The van der Waals surface area contributed by atoms with Gasteiger partial charge in [0.2, 0.25) is 11.7 Å². The fraction of sp³-hybridized carbons (Fsp3) is 0.500. The second-order valence-corrected chi connectivity index (χ2v) is 7.09. The summed E-state index contributed by atoms with van der Waals surface area (Å²) in [5, 5.41) is 3.41. The molecular weight excluding hydrogens is 418 g/mol. The fourth-order valence-electron chi connectivity index (χ4n) is 3.44. The highest BCUT2D eigenvalue weighted by atomic mass is 19.4. The first-order chi connectivity index (χ1) is 13.9. The number of benzene rings is 1. The molecule has 2 heterocycles. The second kappa shape index (κ2) is 7.80. The van der Waals surface area contributed by atoms with Gasteiger partial charge in [0.05, 0.1) is 18.0 Å². The monoisotopic (exact) mass is 436 g/mol. The minimum Gasteiger partial charge on any atom is -0.342 e. The van der Waals surface area contributed by atoms with Crippen LogP contribution in [0.25, 0.3) is 0 Å². The van der Waals surface area contributed by atoms with Crippen molar-refractivity contribution in [2.24, 2.45) is 7.05 Å². The van der Waals surface area contributed by atoms with E-state index < -0.39 is 41.4 Å². The van der Waals surface area contributed by atoms with E-state index in [1.807, 2.05) is 0 Å². The Morgan fingerprint density at radius 1 is 1.10 bits per heavy atom. The van der Waals surface area contributed by atoms with Crippen LogP contribution < -0.4 is 5.69 Å². The van der Waals surface area contributed by atoms with E-state index in [9.17, 15) is 35.9 Å². The summed E-state index contributed by atoms with van der Waals surface area (Å²) >= 11 is 0. The molecule has 1 saturated heterocycles. The third kappa shape index (κ3) is 4.51. The topological polar surface area (TPSA) is 60.1 Å². The molecule has 0 unspecified atom stereocenters. The maximum atomic E-state index is 12.9. The number of rotatable bonds is 3. The smallest absolute Gasteiger partial charge is 0.342 e. The lowest BCUT2D eigenvalue weighted by Gasteiger charge is -2.31. The zero-order chi connectivity index (χ0) is 22.3. The van der Waals surface area contributed by atoms with Crippen molar-refractivity contribution in [3.8, 4) is 0 Å². The molecule has 1 fully saturated rings. The zero-order valence-corrected chi connectivity index (χ0v) is 15.8. The molecule has 12 heteroatoms. The van der Waals surface area contributed by atoms with Crippen LogP contribution in [0.1, 0.15) is 35.8 Å². The van der Waals surface area contributed by atoms with E-state index in [2.05, 4.69) is 5.10 Å². The van der Waals surface area contributed by atoms with Gasteiger partial charge in [-0.1, -0.05) is 18.2 Å². The van der Waals surface area contributed by atoms with Gasteiger partial charge in [0.1, 0.15) is 0 Å². The van der Waals surface area contributed by atoms with Crippen molar-refractivity contribution >= 4 is 5.91 Å². The van der Waals surface area contributed by atoms with Crippen LogP contribution >= 0.6 is 0 Å². The zero-order valence-electron chi connectivity index (χ0n) is 15.8. The van der Waals surface area contributed by atoms with Crippen molar-refractivity contribution in [1.29, 1.82) is 0 Å². The van der Waals surface area contributed by atoms with Gasteiger partial charge in [-0.15, -0.1) is 5.10 Å². The Labute approximate surface area is 166 Å². The van der Waals surface area contributed by atoms with Gasteiger partial charge in [-0.05, 0) is 24.5 Å². The van der Waals surface area contributed by atoms with Gasteiger partial charge in [0.25, 0.3) is 0 Å². The number of carbonyl (C=O) groups is 1. The predicted octanol–water partition coefficient (Wildman–Crippen LogP) is 3.03. The first kappa shape index (κ1) is 21.9. The Hall–Kier alpha value is -2.79. The highest BCUT2D eigenvalue weighted by Crippen LogP contribution is 2.30. The third-order valence-corrected chi connectivity index (χ3v) is 5.03. The van der Waals surface area contributed by atoms with Crippen molar-refractivity contribution in [3.05, 3.63) is 51.7 Å². The second-order valence-electron chi connectivity index (χ2n) is 7.09. The Kier molecular flexibility index (Phi) is 5.70. The average molecular weight is 436 g/mol. The molecule has 1 aromatic carbocycles. The van der Waals surface area contributed by atoms with Gasteiger partial charge in [-0.25, -0.2) is 9.48 Å². The Bertz CT molecular complexity index is 984. The molecule has 0 spiro atoms. The number of likely N-dealkylation sites (tertiary alicyclic amines) is 1. The molecule has 0 aliphatic carbocycles. The summed E-state index contributed by atoms with van der Waals surface area (Å²) in [6.45, 7) is 0.319. The quantitative estimate of drug-likeness (QED) is 0.696. The number of hydrogen-bond acceptors (Lipinski definition) is 3. The molecule has 1 aliphatic rings. The maximum absolute atomic E-state index is 12.9. The number of nitrogens with zero attached hydrogens (tertiary/aromatic N) is 4. The van der Waals surface area contributed by atoms with E-state index in [1.54, 1.807) is 0 Å². The molecule has 0 radical (unpaired) electrons. The van der Waals surface area contributed by atoms with Crippen molar-refractivity contribution in [1.82, 2.24) is 19.2 Å². The summed E-state index contributed by atoms with van der Waals surface area (Å²) in [4.78, 5) is 26.0. The number of aromatic nitrogens is 3. The summed E-state index contributed by atoms with van der Waals surface area (Å²) in [7, 11) is 0.988. The van der Waals surface area contributed by atoms with Crippen LogP contribution in [0.2, 0.25) is 0 Å². The summed E-state index contributed by atoms with van der Waals surface area (Å²) in [6, 6.07) is 3.88. The first-order valence-electron chi connectivity index (χ1n) is 9.04. The summed E-state index contributed by atoms with van der Waals surface area (Å²) in [6.07, 6.45) is -9.08. The van der Waals surface area contributed by atoms with Crippen molar-refractivity contribution < 1.29 is 31.1 Å². The number of piperidine rings is 1. The molecule has 0 saturated carbocycles. The van der Waals surface area contributed by atoms with Crippen LogP contribution in [-0.4, -0.2) is 38.2 Å². The van der Waals surface area contributed by atoms with E-state index in [4.69, 9.17) is 0 Å². The molecule has 1 aliphatic heterocycles. The average Bonchev–Trinajstić information content (AvgIpc) is 2.97. The van der Waals surface area contributed by atoms with Crippen LogP contribution in [0.4, 0.5) is 26.3 Å². The molecule has 164 valence electrons. The fourth-order valence-corrected chi connectivity index (χ4v) is 3.44. The number of carbonyl (C=O) groups excluding carboxylic acids is 1. The number of halogens is 6. The lowest BCUT2D eigenvalue weighted by molar-refractivity contribution is -0.147. The van der Waals surface area contributed by atoms with E-state index in [0.717, 1.165) is 23.9 Å². The van der Waals surface area contributed by atoms with Crippen LogP contribution in [0, 0.1) is 0 Å². The van der Waals surface area contributed by atoms with E-state index in [-0.39, 0.29) is 37.9 Å². The number of alkyl halides is 6. The standard InChI is InChI=1S/C18H18F6N4O2/c1-26-15(18(22,23)24)25-28(16(26)30)13-5-7-27(8-6-13)14(29)10-11-3-2-4-12(9-11)17(19,20)21/h2-4,9,13H,5-8,10H2,1H3. The van der Waals surface area contributed by atoms with E-state index in [1.165, 1.54) is 17.0 Å². The number of hydrogen-bond donors (Lipinski definition) is 0. The van der Waals surface area contributed by atoms with Crippen LogP contribution in [0.5, 0.6) is 0 Å². The first-order valence-corrected chi connectivity index (χ1v) is 9.04. The van der Waals surface area contributed by atoms with Crippen molar-refractivity contribution in [3.63, 3.8) is 0 Å². The lowest BCUT2D eigenvalue weighted by atomic mass is 10.0. The Morgan fingerprint density at radius 3 is 2.27 bits per heavy atom. The Morgan fingerprint density at radius 2 is 1.73 bits per heavy atom. The minimum absolute atomic E-state index is 0.160. The molecule has 1 aromatic heterocycles. The van der Waals surface area contributed by atoms with E-state index in [0.29, 0.717) is 4.57 Å². The third-order valence-electron chi connectivity index (χ3n) is 5.03. The molecule has 6 nitrogen and oxygen atoms in total. The van der Waals surface area contributed by atoms with Crippen LogP contribution in [-0.2, 0) is 30.6 Å². The Balaban J connectivity index is 1.65. The largest absolute Gasteiger partial charge is 0.451 e. The summed E-state index contributed by atoms with van der Waals surface area (Å²) < 4.78 is 78.4. The molecular formula is C18H18F6N4O2. The molecule has 1 amide bonds. The van der Waals surface area contributed by atoms with Gasteiger partial charge in [0, 0.05) is 20.1 Å². The predicted molar refractivity (Wildman–Crippen MR) is 92.5 cm³/mol. The van der Waals surface area contributed by atoms with Crippen LogP contribution in [0.15, 0.2) is 29.1 Å². The lowest BCUT2D eigenvalue weighted by Crippen LogP contribution is -2.41. The van der Waals surface area contributed by atoms with Gasteiger partial charge < -0.3 is 4.90 Å². The van der Waals surface area contributed by atoms with Gasteiger partial charge >= 0.3 is 18.0 Å². The molecule has 0 N–H and O–H groups in total. The van der Waals surface area contributed by atoms with Gasteiger partial charge in [0.15, 0.2) is 0 Å².